The Kier molecular flexibility index (Phi) is 4.77. The van der Waals surface area contributed by atoms with Gasteiger partial charge in [-0.2, -0.15) is 0 Å². The summed E-state index contributed by atoms with van der Waals surface area (Å²) >= 11 is 0. The number of hydrogen-bond donors (Lipinski definition) is 1. The van der Waals surface area contributed by atoms with Gasteiger partial charge in [0.15, 0.2) is 0 Å². The Labute approximate surface area is 152 Å². The number of fused-ring (bicyclic) bond motifs is 5. The van der Waals surface area contributed by atoms with E-state index in [4.69, 9.17) is 4.74 Å². The van der Waals surface area contributed by atoms with Gasteiger partial charge in [0.2, 0.25) is 0 Å². The Morgan fingerprint density at radius 3 is 2.68 bits per heavy atom. The van der Waals surface area contributed by atoms with Gasteiger partial charge in [0.05, 0.1) is 12.2 Å². The summed E-state index contributed by atoms with van der Waals surface area (Å²) < 4.78 is 5.57. The first kappa shape index (κ1) is 18.0. The lowest BCUT2D eigenvalue weighted by Gasteiger charge is -2.58. The lowest BCUT2D eigenvalue weighted by atomic mass is 9.46. The van der Waals surface area contributed by atoms with E-state index in [0.717, 1.165) is 56.3 Å². The first-order chi connectivity index (χ1) is 12.0. The zero-order valence-corrected chi connectivity index (χ0v) is 16.1. The molecule has 0 aliphatic heterocycles. The topological polar surface area (TPSA) is 46.5 Å². The first-order valence-electron chi connectivity index (χ1n) is 10.8. The highest BCUT2D eigenvalue weighted by atomic mass is 16.5. The lowest BCUT2D eigenvalue weighted by Crippen LogP contribution is -2.54. The van der Waals surface area contributed by atoms with E-state index in [0.29, 0.717) is 30.8 Å². The summed E-state index contributed by atoms with van der Waals surface area (Å²) in [4.78, 5) is 12.6. The van der Waals surface area contributed by atoms with Crippen LogP contribution in [0.15, 0.2) is 0 Å². The number of ketones is 1. The lowest BCUT2D eigenvalue weighted by molar-refractivity contribution is -0.153. The van der Waals surface area contributed by atoms with E-state index in [1.165, 1.54) is 25.7 Å². The quantitative estimate of drug-likeness (QED) is 0.824. The van der Waals surface area contributed by atoms with Crippen molar-refractivity contribution in [2.75, 3.05) is 13.2 Å². The molecule has 4 saturated carbocycles. The van der Waals surface area contributed by atoms with E-state index in [9.17, 15) is 9.90 Å². The smallest absolute Gasteiger partial charge is 0.139 e. The molecule has 0 aromatic carbocycles. The molecule has 0 radical (unpaired) electrons. The van der Waals surface area contributed by atoms with Gasteiger partial charge in [0.1, 0.15) is 5.78 Å². The van der Waals surface area contributed by atoms with E-state index >= 15 is 0 Å². The first-order valence-corrected chi connectivity index (χ1v) is 10.8. The molecule has 4 aliphatic carbocycles. The molecule has 3 heteroatoms. The normalized spacial score (nSPS) is 49.9. The Balaban J connectivity index is 1.48. The van der Waals surface area contributed by atoms with Crippen LogP contribution in [0.25, 0.3) is 0 Å². The fraction of sp³-hybridized carbons (Fsp3) is 0.955. The molecule has 4 fully saturated rings. The van der Waals surface area contributed by atoms with E-state index in [1.54, 1.807) is 0 Å². The van der Waals surface area contributed by atoms with Gasteiger partial charge in [-0.15, -0.1) is 0 Å². The number of ether oxygens (including phenoxy) is 1. The molecule has 142 valence electrons. The number of rotatable bonds is 3. The average Bonchev–Trinajstić information content (AvgIpc) is 2.60. The largest absolute Gasteiger partial charge is 0.387 e. The summed E-state index contributed by atoms with van der Waals surface area (Å²) in [7, 11) is 0. The molecular formula is C22H36O3. The van der Waals surface area contributed by atoms with Crippen molar-refractivity contribution in [3.05, 3.63) is 0 Å². The van der Waals surface area contributed by atoms with Crippen LogP contribution in [0.5, 0.6) is 0 Å². The summed E-state index contributed by atoms with van der Waals surface area (Å²) in [5.41, 5.74) is -0.607. The minimum Gasteiger partial charge on any atom is -0.387 e. The second-order valence-electron chi connectivity index (χ2n) is 9.81. The maximum atomic E-state index is 12.6. The third-order valence-corrected chi connectivity index (χ3v) is 8.62. The molecule has 0 saturated heterocycles. The van der Waals surface area contributed by atoms with Gasteiger partial charge in [0.25, 0.3) is 0 Å². The molecule has 4 rings (SSSR count). The van der Waals surface area contributed by atoms with Crippen molar-refractivity contribution < 1.29 is 14.6 Å². The highest BCUT2D eigenvalue weighted by Crippen LogP contribution is 2.61. The van der Waals surface area contributed by atoms with Crippen LogP contribution < -0.4 is 0 Å². The molecule has 0 bridgehead atoms. The van der Waals surface area contributed by atoms with E-state index in [1.807, 2.05) is 6.92 Å². The standard InChI is InChI=1S/C22H36O3/c1-3-25-14-22(24)12-10-16-15(13-22)7-8-18-17(16)9-11-21(2)19(18)5-4-6-20(21)23/h15-19,24H,3-14H2,1-2H3/t15-,16+,17-,18-,19+,21+,22-/m1/s1. The van der Waals surface area contributed by atoms with Crippen LogP contribution >= 0.6 is 0 Å². The zero-order valence-electron chi connectivity index (χ0n) is 16.1. The predicted molar refractivity (Wildman–Crippen MR) is 98.2 cm³/mol. The van der Waals surface area contributed by atoms with Gasteiger partial charge in [-0.25, -0.2) is 0 Å². The molecule has 0 aromatic rings. The van der Waals surface area contributed by atoms with Gasteiger partial charge in [-0.1, -0.05) is 6.92 Å². The van der Waals surface area contributed by atoms with Crippen LogP contribution in [0.2, 0.25) is 0 Å². The van der Waals surface area contributed by atoms with E-state index in [2.05, 4.69) is 6.92 Å². The summed E-state index contributed by atoms with van der Waals surface area (Å²) in [5, 5.41) is 10.9. The molecule has 0 unspecified atom stereocenters. The van der Waals surface area contributed by atoms with Crippen LogP contribution in [-0.4, -0.2) is 29.7 Å². The van der Waals surface area contributed by atoms with Crippen LogP contribution in [-0.2, 0) is 9.53 Å². The van der Waals surface area contributed by atoms with E-state index < -0.39 is 5.60 Å². The van der Waals surface area contributed by atoms with Crippen LogP contribution in [0.4, 0.5) is 0 Å². The monoisotopic (exact) mass is 348 g/mol. The molecule has 0 amide bonds. The van der Waals surface area contributed by atoms with Gasteiger partial charge in [0, 0.05) is 18.4 Å². The Bertz CT molecular complexity index is 517. The molecule has 7 atom stereocenters. The van der Waals surface area contributed by atoms with Crippen molar-refractivity contribution in [1.82, 2.24) is 0 Å². The molecule has 1 N–H and O–H groups in total. The van der Waals surface area contributed by atoms with Crippen LogP contribution in [0, 0.1) is 35.0 Å². The zero-order chi connectivity index (χ0) is 17.7. The Morgan fingerprint density at radius 2 is 1.88 bits per heavy atom. The predicted octanol–water partition coefficient (Wildman–Crippen LogP) is 4.37. The summed E-state index contributed by atoms with van der Waals surface area (Å²) in [6.45, 7) is 5.49. The van der Waals surface area contributed by atoms with Crippen molar-refractivity contribution in [2.24, 2.45) is 35.0 Å². The fourth-order valence-corrected chi connectivity index (χ4v) is 7.35. The summed E-state index contributed by atoms with van der Waals surface area (Å²) in [5.74, 6) is 4.21. The Morgan fingerprint density at radius 1 is 1.08 bits per heavy atom. The third kappa shape index (κ3) is 3.00. The second-order valence-corrected chi connectivity index (χ2v) is 9.81. The molecule has 4 aliphatic rings. The molecule has 0 aromatic heterocycles. The van der Waals surface area contributed by atoms with Crippen LogP contribution in [0.3, 0.4) is 0 Å². The molecular weight excluding hydrogens is 312 g/mol. The SMILES string of the molecule is CCOC[C@@]1(O)CC[C@H]2[C@H](CC[C@@H]3[C@@H]2CC[C@]2(C)C(=O)CCC[C@@H]32)C1. The summed E-state index contributed by atoms with van der Waals surface area (Å²) in [6, 6.07) is 0. The van der Waals surface area contributed by atoms with E-state index in [-0.39, 0.29) is 5.41 Å². The Hall–Kier alpha value is -0.410. The van der Waals surface area contributed by atoms with Crippen molar-refractivity contribution in [1.29, 1.82) is 0 Å². The van der Waals surface area contributed by atoms with Gasteiger partial charge < -0.3 is 9.84 Å². The average molecular weight is 349 g/mol. The maximum absolute atomic E-state index is 12.6. The highest BCUT2D eigenvalue weighted by Gasteiger charge is 2.56. The van der Waals surface area contributed by atoms with Crippen LogP contribution in [0.1, 0.15) is 78.1 Å². The van der Waals surface area contributed by atoms with Gasteiger partial charge in [-0.3, -0.25) is 4.79 Å². The molecule has 0 heterocycles. The van der Waals surface area contributed by atoms with Gasteiger partial charge in [-0.05, 0) is 94.3 Å². The minimum absolute atomic E-state index is 0.0172. The minimum atomic E-state index is -0.589. The maximum Gasteiger partial charge on any atom is 0.139 e. The fourth-order valence-electron chi connectivity index (χ4n) is 7.35. The number of carbonyl (C=O) groups is 1. The highest BCUT2D eigenvalue weighted by molar-refractivity contribution is 5.85. The second kappa shape index (κ2) is 6.64. The molecule has 3 nitrogen and oxygen atoms in total. The van der Waals surface area contributed by atoms with Gasteiger partial charge >= 0.3 is 0 Å². The van der Waals surface area contributed by atoms with Crippen molar-refractivity contribution in [3.63, 3.8) is 0 Å². The number of hydrogen-bond acceptors (Lipinski definition) is 3. The number of aliphatic hydroxyl groups is 1. The molecule has 0 spiro atoms. The van der Waals surface area contributed by atoms with Crippen molar-refractivity contribution >= 4 is 5.78 Å². The van der Waals surface area contributed by atoms with Crippen molar-refractivity contribution in [3.8, 4) is 0 Å². The number of carbonyl (C=O) groups excluding carboxylic acids is 1. The molecule has 25 heavy (non-hydrogen) atoms. The number of Topliss-reactive ketones (excluding diaryl/α,β-unsaturated/α-hetero) is 1. The summed E-state index contributed by atoms with van der Waals surface area (Å²) in [6.07, 6.45) is 11.1. The third-order valence-electron chi connectivity index (χ3n) is 8.62. The van der Waals surface area contributed by atoms with Crippen molar-refractivity contribution in [2.45, 2.75) is 83.7 Å².